The predicted octanol–water partition coefficient (Wildman–Crippen LogP) is 1.84. The summed E-state index contributed by atoms with van der Waals surface area (Å²) in [5.41, 5.74) is 1.89. The van der Waals surface area contributed by atoms with Crippen LogP contribution in [0.25, 0.3) is 0 Å². The number of hydrogen-bond donors (Lipinski definition) is 1. The van der Waals surface area contributed by atoms with E-state index in [4.69, 9.17) is 4.74 Å². The minimum absolute atomic E-state index is 0.368. The lowest BCUT2D eigenvalue weighted by Crippen LogP contribution is -2.39. The standard InChI is InChI=1S/C11H18N2OS/c1-8-3-4-11(14-8)10(12-2)5-9-6-13-7-15-9/h6-8,10-12H,3-5H2,1-2H3. The second-order valence-electron chi connectivity index (χ2n) is 4.13. The maximum atomic E-state index is 5.88. The van der Waals surface area contributed by atoms with Crippen LogP contribution in [-0.4, -0.2) is 30.3 Å². The van der Waals surface area contributed by atoms with Crippen molar-refractivity contribution in [2.75, 3.05) is 7.05 Å². The lowest BCUT2D eigenvalue weighted by molar-refractivity contribution is 0.0339. The van der Waals surface area contributed by atoms with E-state index in [2.05, 4.69) is 17.2 Å². The van der Waals surface area contributed by atoms with Crippen molar-refractivity contribution in [3.63, 3.8) is 0 Å². The van der Waals surface area contributed by atoms with Crippen molar-refractivity contribution in [2.45, 2.75) is 44.4 Å². The molecule has 0 radical (unpaired) electrons. The molecule has 1 N–H and O–H groups in total. The quantitative estimate of drug-likeness (QED) is 0.850. The van der Waals surface area contributed by atoms with Gasteiger partial charge in [0.2, 0.25) is 0 Å². The van der Waals surface area contributed by atoms with Crippen LogP contribution in [0.5, 0.6) is 0 Å². The highest BCUT2D eigenvalue weighted by Gasteiger charge is 2.28. The number of ether oxygens (including phenoxy) is 1. The average Bonchev–Trinajstić information content (AvgIpc) is 2.85. The summed E-state index contributed by atoms with van der Waals surface area (Å²) in [6, 6.07) is 0.426. The van der Waals surface area contributed by atoms with E-state index in [1.54, 1.807) is 11.3 Å². The highest BCUT2D eigenvalue weighted by molar-refractivity contribution is 7.09. The van der Waals surface area contributed by atoms with E-state index in [0.717, 1.165) is 6.42 Å². The molecule has 3 nitrogen and oxygen atoms in total. The van der Waals surface area contributed by atoms with E-state index < -0.39 is 0 Å². The zero-order valence-electron chi connectivity index (χ0n) is 9.27. The Morgan fingerprint density at radius 2 is 2.53 bits per heavy atom. The fraction of sp³-hybridized carbons (Fsp3) is 0.727. The van der Waals surface area contributed by atoms with Gasteiger partial charge in [-0.1, -0.05) is 0 Å². The van der Waals surface area contributed by atoms with E-state index in [9.17, 15) is 0 Å². The van der Waals surface area contributed by atoms with E-state index in [1.165, 1.54) is 17.7 Å². The van der Waals surface area contributed by atoms with E-state index in [-0.39, 0.29) is 0 Å². The van der Waals surface area contributed by atoms with Gasteiger partial charge >= 0.3 is 0 Å². The van der Waals surface area contributed by atoms with Crippen LogP contribution in [0.4, 0.5) is 0 Å². The molecule has 0 amide bonds. The molecule has 1 aromatic rings. The SMILES string of the molecule is CNC(Cc1cncs1)C1CCC(C)O1. The fourth-order valence-corrected chi connectivity index (χ4v) is 2.76. The Morgan fingerprint density at radius 1 is 1.67 bits per heavy atom. The first-order chi connectivity index (χ1) is 7.29. The Kier molecular flexibility index (Phi) is 3.72. The van der Waals surface area contributed by atoms with E-state index >= 15 is 0 Å². The zero-order valence-corrected chi connectivity index (χ0v) is 10.1. The molecule has 3 atom stereocenters. The largest absolute Gasteiger partial charge is 0.374 e. The lowest BCUT2D eigenvalue weighted by Gasteiger charge is -2.22. The molecule has 1 fully saturated rings. The van der Waals surface area contributed by atoms with Gasteiger partial charge in [0.15, 0.2) is 0 Å². The summed E-state index contributed by atoms with van der Waals surface area (Å²) < 4.78 is 5.88. The van der Waals surface area contributed by atoms with Gasteiger partial charge < -0.3 is 10.1 Å². The highest BCUT2D eigenvalue weighted by atomic mass is 32.1. The van der Waals surface area contributed by atoms with Crippen molar-refractivity contribution >= 4 is 11.3 Å². The number of hydrogen-bond acceptors (Lipinski definition) is 4. The van der Waals surface area contributed by atoms with E-state index in [1.807, 2.05) is 18.8 Å². The van der Waals surface area contributed by atoms with Crippen molar-refractivity contribution in [2.24, 2.45) is 0 Å². The van der Waals surface area contributed by atoms with Crippen LogP contribution in [-0.2, 0) is 11.2 Å². The summed E-state index contributed by atoms with van der Waals surface area (Å²) in [4.78, 5) is 5.43. The molecule has 1 saturated heterocycles. The molecule has 2 rings (SSSR count). The normalized spacial score (nSPS) is 28.1. The van der Waals surface area contributed by atoms with Crippen LogP contribution in [0.2, 0.25) is 0 Å². The van der Waals surface area contributed by atoms with Crippen LogP contribution in [0.3, 0.4) is 0 Å². The summed E-state index contributed by atoms with van der Waals surface area (Å²) in [7, 11) is 2.01. The van der Waals surface area contributed by atoms with Crippen molar-refractivity contribution < 1.29 is 4.74 Å². The Labute approximate surface area is 94.9 Å². The van der Waals surface area contributed by atoms with Gasteiger partial charge in [0, 0.05) is 23.5 Å². The van der Waals surface area contributed by atoms with Gasteiger partial charge in [-0.25, -0.2) is 0 Å². The topological polar surface area (TPSA) is 34.2 Å². The molecule has 1 aliphatic rings. The number of rotatable bonds is 4. The van der Waals surface area contributed by atoms with Crippen LogP contribution in [0, 0.1) is 0 Å². The molecule has 1 aliphatic heterocycles. The van der Waals surface area contributed by atoms with Gasteiger partial charge in [-0.2, -0.15) is 0 Å². The van der Waals surface area contributed by atoms with Crippen molar-refractivity contribution in [1.29, 1.82) is 0 Å². The summed E-state index contributed by atoms with van der Waals surface area (Å²) in [6.07, 6.45) is 6.13. The summed E-state index contributed by atoms with van der Waals surface area (Å²) >= 11 is 1.72. The minimum atomic E-state index is 0.368. The molecule has 4 heteroatoms. The second kappa shape index (κ2) is 5.05. The first kappa shape index (κ1) is 11.0. The summed E-state index contributed by atoms with van der Waals surface area (Å²) in [5, 5.41) is 3.36. The number of thiazole rings is 1. The molecule has 0 aromatic carbocycles. The molecule has 0 bridgehead atoms. The van der Waals surface area contributed by atoms with Crippen LogP contribution in [0.15, 0.2) is 11.7 Å². The number of nitrogens with one attached hydrogen (secondary N) is 1. The molecule has 15 heavy (non-hydrogen) atoms. The molecule has 84 valence electrons. The first-order valence-corrected chi connectivity index (χ1v) is 6.37. The Balaban J connectivity index is 1.92. The van der Waals surface area contributed by atoms with Gasteiger partial charge in [0.05, 0.1) is 17.7 Å². The van der Waals surface area contributed by atoms with Gasteiger partial charge in [0.25, 0.3) is 0 Å². The number of aromatic nitrogens is 1. The van der Waals surface area contributed by atoms with E-state index in [0.29, 0.717) is 18.2 Å². The third-order valence-corrected chi connectivity index (χ3v) is 3.79. The smallest absolute Gasteiger partial charge is 0.0794 e. The Hall–Kier alpha value is -0.450. The first-order valence-electron chi connectivity index (χ1n) is 5.49. The van der Waals surface area contributed by atoms with Gasteiger partial charge in [-0.3, -0.25) is 4.98 Å². The molecule has 3 unspecified atom stereocenters. The molecular weight excluding hydrogens is 208 g/mol. The zero-order chi connectivity index (χ0) is 10.7. The number of nitrogens with zero attached hydrogens (tertiary/aromatic N) is 1. The predicted molar refractivity (Wildman–Crippen MR) is 62.2 cm³/mol. The van der Waals surface area contributed by atoms with Gasteiger partial charge in [0.1, 0.15) is 0 Å². The molecule has 0 spiro atoms. The van der Waals surface area contributed by atoms with Crippen molar-refractivity contribution in [3.05, 3.63) is 16.6 Å². The summed E-state index contributed by atoms with van der Waals surface area (Å²) in [5.74, 6) is 0. The van der Waals surface area contributed by atoms with Crippen LogP contribution < -0.4 is 5.32 Å². The Morgan fingerprint density at radius 3 is 3.07 bits per heavy atom. The fourth-order valence-electron chi connectivity index (χ4n) is 2.11. The highest BCUT2D eigenvalue weighted by Crippen LogP contribution is 2.24. The molecule has 0 aliphatic carbocycles. The minimum Gasteiger partial charge on any atom is -0.374 e. The number of likely N-dealkylation sites (N-methyl/N-ethyl adjacent to an activating group) is 1. The van der Waals surface area contributed by atoms with Crippen molar-refractivity contribution in [3.8, 4) is 0 Å². The second-order valence-corrected chi connectivity index (χ2v) is 5.10. The molecule has 0 saturated carbocycles. The van der Waals surface area contributed by atoms with Crippen LogP contribution in [0.1, 0.15) is 24.6 Å². The molecule has 2 heterocycles. The van der Waals surface area contributed by atoms with Gasteiger partial charge in [-0.15, -0.1) is 11.3 Å². The maximum absolute atomic E-state index is 5.88. The third kappa shape index (κ3) is 2.77. The third-order valence-electron chi connectivity index (χ3n) is 2.99. The molecule has 1 aromatic heterocycles. The monoisotopic (exact) mass is 226 g/mol. The van der Waals surface area contributed by atoms with Crippen LogP contribution >= 0.6 is 11.3 Å². The molecular formula is C11H18N2OS. The summed E-state index contributed by atoms with van der Waals surface area (Å²) in [6.45, 7) is 2.15. The lowest BCUT2D eigenvalue weighted by atomic mass is 10.0. The maximum Gasteiger partial charge on any atom is 0.0794 e. The van der Waals surface area contributed by atoms with Crippen molar-refractivity contribution in [1.82, 2.24) is 10.3 Å². The average molecular weight is 226 g/mol. The van der Waals surface area contributed by atoms with Gasteiger partial charge in [-0.05, 0) is 26.8 Å². The Bertz CT molecular complexity index is 289.